The van der Waals surface area contributed by atoms with Gasteiger partial charge < -0.3 is 10.2 Å². The van der Waals surface area contributed by atoms with E-state index in [1.807, 2.05) is 37.3 Å². The van der Waals surface area contributed by atoms with Crippen LogP contribution in [0.5, 0.6) is 0 Å². The molecule has 2 aliphatic rings. The van der Waals surface area contributed by atoms with Gasteiger partial charge in [0, 0.05) is 17.1 Å². The molecule has 0 aromatic heterocycles. The molecule has 28 heavy (non-hydrogen) atoms. The first-order valence-electron chi connectivity index (χ1n) is 8.96. The number of carbonyl (C=O) groups excluding carboxylic acids is 2. The topological polar surface area (TPSA) is 52.7 Å². The normalized spacial score (nSPS) is 20.4. The van der Waals surface area contributed by atoms with Crippen LogP contribution in [0.25, 0.3) is 0 Å². The van der Waals surface area contributed by atoms with Gasteiger partial charge in [-0.3, -0.25) is 9.69 Å². The first-order chi connectivity index (χ1) is 13.4. The maximum atomic E-state index is 13.4. The molecule has 2 aromatic rings. The van der Waals surface area contributed by atoms with E-state index >= 15 is 0 Å². The fourth-order valence-electron chi connectivity index (χ4n) is 3.78. The molecule has 0 saturated heterocycles. The van der Waals surface area contributed by atoms with Crippen LogP contribution >= 0.6 is 23.2 Å². The second kappa shape index (κ2) is 7.15. The van der Waals surface area contributed by atoms with Crippen molar-refractivity contribution in [2.75, 3.05) is 13.6 Å². The lowest BCUT2D eigenvalue weighted by Gasteiger charge is -2.31. The summed E-state index contributed by atoms with van der Waals surface area (Å²) >= 11 is 12.4. The number of carbonyl (C=O) groups is 2. The van der Waals surface area contributed by atoms with E-state index in [0.29, 0.717) is 33.4 Å². The molecule has 0 fully saturated rings. The van der Waals surface area contributed by atoms with Gasteiger partial charge in [0.15, 0.2) is 0 Å². The molecule has 0 bridgehead atoms. The van der Waals surface area contributed by atoms with Gasteiger partial charge in [0.05, 0.1) is 29.9 Å². The van der Waals surface area contributed by atoms with E-state index in [0.717, 1.165) is 5.56 Å². The molecule has 2 aromatic carbocycles. The molecule has 3 amide bonds. The molecule has 5 nitrogen and oxygen atoms in total. The average Bonchev–Trinajstić information content (AvgIpc) is 3.03. The highest BCUT2D eigenvalue weighted by Crippen LogP contribution is 2.40. The summed E-state index contributed by atoms with van der Waals surface area (Å²) in [6.45, 7) is 2.36. The maximum Gasteiger partial charge on any atom is 0.322 e. The molecule has 0 saturated carbocycles. The van der Waals surface area contributed by atoms with Crippen molar-refractivity contribution >= 4 is 35.1 Å². The van der Waals surface area contributed by atoms with E-state index in [1.54, 1.807) is 30.1 Å². The number of likely N-dealkylation sites (N-methyl/N-ethyl adjacent to an activating group) is 1. The molecule has 2 atom stereocenters. The number of rotatable bonds is 3. The minimum absolute atomic E-state index is 0.103. The largest absolute Gasteiger partial charge is 0.326 e. The van der Waals surface area contributed by atoms with Gasteiger partial charge >= 0.3 is 6.03 Å². The van der Waals surface area contributed by atoms with Gasteiger partial charge in [0.2, 0.25) is 0 Å². The van der Waals surface area contributed by atoms with E-state index in [4.69, 9.17) is 23.2 Å². The summed E-state index contributed by atoms with van der Waals surface area (Å²) in [6, 6.07) is 13.9. The third-order valence-electron chi connectivity index (χ3n) is 5.41. The Hall–Kier alpha value is -2.50. The first-order valence-corrected chi connectivity index (χ1v) is 9.72. The predicted octanol–water partition coefficient (Wildman–Crippen LogP) is 4.55. The van der Waals surface area contributed by atoms with Crippen LogP contribution in [0.3, 0.4) is 0 Å². The highest BCUT2D eigenvalue weighted by molar-refractivity contribution is 6.35. The van der Waals surface area contributed by atoms with Crippen molar-refractivity contribution in [2.24, 2.45) is 0 Å². The fraction of sp³-hybridized carbons (Fsp3) is 0.238. The molecule has 2 aliphatic heterocycles. The lowest BCUT2D eigenvalue weighted by molar-refractivity contribution is -0.127. The smallest absolute Gasteiger partial charge is 0.322 e. The van der Waals surface area contributed by atoms with E-state index in [2.05, 4.69) is 5.32 Å². The van der Waals surface area contributed by atoms with Crippen LogP contribution in [0.4, 0.5) is 4.79 Å². The molecular weight excluding hydrogens is 397 g/mol. The highest BCUT2D eigenvalue weighted by Gasteiger charge is 2.44. The zero-order valence-electron chi connectivity index (χ0n) is 15.4. The molecule has 1 N–H and O–H groups in total. The van der Waals surface area contributed by atoms with Crippen molar-refractivity contribution in [1.82, 2.24) is 15.1 Å². The van der Waals surface area contributed by atoms with Crippen LogP contribution in [0.2, 0.25) is 10.0 Å². The van der Waals surface area contributed by atoms with Crippen LogP contribution in [0.1, 0.15) is 30.1 Å². The SMILES string of the molecule is CC(c1ccccc1)N1CC2=C(C1=O)C(c1ccc(Cl)cc1Cl)NC(=O)N2C. The minimum Gasteiger partial charge on any atom is -0.326 e. The summed E-state index contributed by atoms with van der Waals surface area (Å²) in [4.78, 5) is 29.2. The third kappa shape index (κ3) is 3.05. The molecule has 2 heterocycles. The summed E-state index contributed by atoms with van der Waals surface area (Å²) in [5.74, 6) is -0.103. The van der Waals surface area contributed by atoms with Crippen LogP contribution in [0, 0.1) is 0 Å². The Balaban J connectivity index is 1.74. The molecule has 4 rings (SSSR count). The van der Waals surface area contributed by atoms with Crippen LogP contribution < -0.4 is 5.32 Å². The number of urea groups is 1. The number of nitrogens with zero attached hydrogens (tertiary/aromatic N) is 2. The number of amides is 3. The van der Waals surface area contributed by atoms with E-state index in [9.17, 15) is 9.59 Å². The van der Waals surface area contributed by atoms with Gasteiger partial charge in [0.1, 0.15) is 0 Å². The van der Waals surface area contributed by atoms with E-state index < -0.39 is 6.04 Å². The van der Waals surface area contributed by atoms with Crippen LogP contribution in [0.15, 0.2) is 59.8 Å². The Bertz CT molecular complexity index is 990. The second-order valence-electron chi connectivity index (χ2n) is 6.99. The Kier molecular flexibility index (Phi) is 4.81. The van der Waals surface area contributed by atoms with Gasteiger partial charge in [-0.2, -0.15) is 0 Å². The lowest BCUT2D eigenvalue weighted by Crippen LogP contribution is -2.45. The monoisotopic (exact) mass is 415 g/mol. The highest BCUT2D eigenvalue weighted by atomic mass is 35.5. The summed E-state index contributed by atoms with van der Waals surface area (Å²) in [5.41, 5.74) is 2.95. The summed E-state index contributed by atoms with van der Waals surface area (Å²) in [5, 5.41) is 3.81. The van der Waals surface area contributed by atoms with Gasteiger partial charge in [-0.05, 0) is 30.2 Å². The van der Waals surface area contributed by atoms with Crippen molar-refractivity contribution in [3.8, 4) is 0 Å². The lowest BCUT2D eigenvalue weighted by atomic mass is 9.95. The van der Waals surface area contributed by atoms with Crippen molar-refractivity contribution < 1.29 is 9.59 Å². The van der Waals surface area contributed by atoms with Crippen LogP contribution in [-0.4, -0.2) is 35.3 Å². The minimum atomic E-state index is -0.607. The summed E-state index contributed by atoms with van der Waals surface area (Å²) in [6.07, 6.45) is 0. The molecule has 0 spiro atoms. The molecule has 0 aliphatic carbocycles. The Morgan fingerprint density at radius 3 is 2.50 bits per heavy atom. The van der Waals surface area contributed by atoms with Gasteiger partial charge in [-0.25, -0.2) is 4.79 Å². The average molecular weight is 416 g/mol. The quantitative estimate of drug-likeness (QED) is 0.799. The van der Waals surface area contributed by atoms with Crippen molar-refractivity contribution in [3.63, 3.8) is 0 Å². The third-order valence-corrected chi connectivity index (χ3v) is 5.97. The molecular formula is C21H19Cl2N3O2. The van der Waals surface area contributed by atoms with Crippen LogP contribution in [-0.2, 0) is 4.79 Å². The molecule has 144 valence electrons. The number of nitrogens with one attached hydrogen (secondary N) is 1. The molecule has 7 heteroatoms. The number of benzene rings is 2. The zero-order valence-corrected chi connectivity index (χ0v) is 17.0. The van der Waals surface area contributed by atoms with E-state index in [-0.39, 0.29) is 18.0 Å². The Labute approximate surface area is 173 Å². The van der Waals surface area contributed by atoms with Crippen molar-refractivity contribution in [3.05, 3.63) is 81.0 Å². The standard InChI is InChI=1S/C21H19Cl2N3O2/c1-12(13-6-4-3-5-7-13)26-11-17-18(20(26)27)19(24-21(28)25(17)2)15-9-8-14(22)10-16(15)23/h3-10,12,19H,11H2,1-2H3,(H,24,28). The van der Waals surface area contributed by atoms with Gasteiger partial charge in [-0.15, -0.1) is 0 Å². The predicted molar refractivity (Wildman–Crippen MR) is 109 cm³/mol. The Morgan fingerprint density at radius 1 is 1.11 bits per heavy atom. The first kappa shape index (κ1) is 18.8. The van der Waals surface area contributed by atoms with Crippen molar-refractivity contribution in [2.45, 2.75) is 19.0 Å². The fourth-order valence-corrected chi connectivity index (χ4v) is 4.30. The maximum absolute atomic E-state index is 13.4. The van der Waals surface area contributed by atoms with Gasteiger partial charge in [-0.1, -0.05) is 59.6 Å². The summed E-state index contributed by atoms with van der Waals surface area (Å²) < 4.78 is 0. The van der Waals surface area contributed by atoms with Crippen molar-refractivity contribution in [1.29, 1.82) is 0 Å². The molecule has 2 unspecified atom stereocenters. The number of halogens is 2. The molecule has 0 radical (unpaired) electrons. The van der Waals surface area contributed by atoms with E-state index in [1.165, 1.54) is 4.90 Å². The Morgan fingerprint density at radius 2 is 1.82 bits per heavy atom. The number of hydrogen-bond acceptors (Lipinski definition) is 2. The summed E-state index contributed by atoms with van der Waals surface area (Å²) in [7, 11) is 1.67. The second-order valence-corrected chi connectivity index (χ2v) is 7.83. The van der Waals surface area contributed by atoms with Gasteiger partial charge in [0.25, 0.3) is 5.91 Å². The number of hydrogen-bond donors (Lipinski definition) is 1. The zero-order chi connectivity index (χ0) is 20.0.